The number of amides is 1. The first-order valence-electron chi connectivity index (χ1n) is 7.13. The standard InChI is InChI=1S/C14H22N4O3/c1-10(2)16-8-11(18(20)21)7-12(16)13(19)17-6-5-15-9-14(17,3)4/h7-8,10,15H,5-6,9H2,1-4H3. The predicted octanol–water partition coefficient (Wildman–Crippen LogP) is 1.80. The Morgan fingerprint density at radius 1 is 1.48 bits per heavy atom. The zero-order chi connectivity index (χ0) is 15.8. The molecule has 0 aromatic carbocycles. The van der Waals surface area contributed by atoms with E-state index in [1.165, 1.54) is 12.3 Å². The van der Waals surface area contributed by atoms with Crippen molar-refractivity contribution in [1.82, 2.24) is 14.8 Å². The van der Waals surface area contributed by atoms with Crippen LogP contribution in [0.5, 0.6) is 0 Å². The molecule has 1 aromatic rings. The number of piperazine rings is 1. The van der Waals surface area contributed by atoms with E-state index in [9.17, 15) is 14.9 Å². The topological polar surface area (TPSA) is 80.4 Å². The number of nitrogens with one attached hydrogen (secondary N) is 1. The normalized spacial score (nSPS) is 18.0. The number of carbonyl (C=O) groups excluding carboxylic acids is 1. The van der Waals surface area contributed by atoms with Crippen molar-refractivity contribution in [2.45, 2.75) is 39.3 Å². The summed E-state index contributed by atoms with van der Waals surface area (Å²) < 4.78 is 1.68. The lowest BCUT2D eigenvalue weighted by Gasteiger charge is -2.42. The summed E-state index contributed by atoms with van der Waals surface area (Å²) in [5.41, 5.74) is 0.0302. The van der Waals surface area contributed by atoms with Gasteiger partial charge >= 0.3 is 0 Å². The summed E-state index contributed by atoms with van der Waals surface area (Å²) >= 11 is 0. The Kier molecular flexibility index (Phi) is 4.04. The van der Waals surface area contributed by atoms with Crippen LogP contribution in [0.15, 0.2) is 12.3 Å². The summed E-state index contributed by atoms with van der Waals surface area (Å²) in [4.78, 5) is 25.1. The SMILES string of the molecule is CC(C)n1cc([N+](=O)[O-])cc1C(=O)N1CCNCC1(C)C. The number of aromatic nitrogens is 1. The lowest BCUT2D eigenvalue weighted by atomic mass is 9.99. The molecule has 2 heterocycles. The molecule has 1 amide bonds. The highest BCUT2D eigenvalue weighted by Crippen LogP contribution is 2.25. The Bertz CT molecular complexity index is 563. The van der Waals surface area contributed by atoms with Crippen molar-refractivity contribution < 1.29 is 9.72 Å². The van der Waals surface area contributed by atoms with Crippen molar-refractivity contribution >= 4 is 11.6 Å². The van der Waals surface area contributed by atoms with E-state index in [-0.39, 0.29) is 23.2 Å². The Morgan fingerprint density at radius 3 is 2.67 bits per heavy atom. The van der Waals surface area contributed by atoms with Crippen LogP contribution in [-0.4, -0.2) is 45.5 Å². The van der Waals surface area contributed by atoms with Gasteiger partial charge in [-0.15, -0.1) is 0 Å². The highest BCUT2D eigenvalue weighted by molar-refractivity contribution is 5.94. The number of rotatable bonds is 3. The quantitative estimate of drug-likeness (QED) is 0.681. The van der Waals surface area contributed by atoms with Crippen molar-refractivity contribution in [3.8, 4) is 0 Å². The van der Waals surface area contributed by atoms with E-state index in [0.717, 1.165) is 6.54 Å². The molecule has 1 N–H and O–H groups in total. The Labute approximate surface area is 124 Å². The lowest BCUT2D eigenvalue weighted by Crippen LogP contribution is -2.60. The molecule has 1 aromatic heterocycles. The van der Waals surface area contributed by atoms with Gasteiger partial charge in [-0.25, -0.2) is 0 Å². The molecule has 0 bridgehead atoms. The molecule has 0 saturated carbocycles. The van der Waals surface area contributed by atoms with Gasteiger partial charge in [0.25, 0.3) is 11.6 Å². The monoisotopic (exact) mass is 294 g/mol. The van der Waals surface area contributed by atoms with Gasteiger partial charge in [0.15, 0.2) is 0 Å². The Morgan fingerprint density at radius 2 is 2.14 bits per heavy atom. The fraction of sp³-hybridized carbons (Fsp3) is 0.643. The molecule has 7 nitrogen and oxygen atoms in total. The Hall–Kier alpha value is -1.89. The number of hydrogen-bond acceptors (Lipinski definition) is 4. The van der Waals surface area contributed by atoms with Gasteiger partial charge in [-0.3, -0.25) is 14.9 Å². The zero-order valence-electron chi connectivity index (χ0n) is 12.9. The molecule has 1 fully saturated rings. The molecule has 0 atom stereocenters. The second kappa shape index (κ2) is 5.48. The van der Waals surface area contributed by atoms with E-state index in [0.29, 0.717) is 18.8 Å². The van der Waals surface area contributed by atoms with Gasteiger partial charge in [-0.05, 0) is 27.7 Å². The van der Waals surface area contributed by atoms with Gasteiger partial charge in [0.05, 0.1) is 16.7 Å². The van der Waals surface area contributed by atoms with E-state index in [1.807, 2.05) is 27.7 Å². The molecule has 116 valence electrons. The van der Waals surface area contributed by atoms with Crippen LogP contribution in [-0.2, 0) is 0 Å². The third-order valence-corrected chi connectivity index (χ3v) is 3.87. The maximum absolute atomic E-state index is 12.8. The first-order chi connectivity index (χ1) is 9.74. The molecule has 0 unspecified atom stereocenters. The van der Waals surface area contributed by atoms with E-state index in [4.69, 9.17) is 0 Å². The number of hydrogen-bond donors (Lipinski definition) is 1. The van der Waals surface area contributed by atoms with Crippen LogP contribution in [0.2, 0.25) is 0 Å². The van der Waals surface area contributed by atoms with Crippen LogP contribution in [0.25, 0.3) is 0 Å². The highest BCUT2D eigenvalue weighted by atomic mass is 16.6. The third-order valence-electron chi connectivity index (χ3n) is 3.87. The number of nitro groups is 1. The molecule has 0 spiro atoms. The Balaban J connectivity index is 2.40. The summed E-state index contributed by atoms with van der Waals surface area (Å²) in [5.74, 6) is -0.150. The molecule has 1 aliphatic rings. The van der Waals surface area contributed by atoms with Crippen molar-refractivity contribution in [2.75, 3.05) is 19.6 Å². The maximum Gasteiger partial charge on any atom is 0.287 e. The van der Waals surface area contributed by atoms with Crippen LogP contribution in [0.3, 0.4) is 0 Å². The minimum Gasteiger partial charge on any atom is -0.335 e. The van der Waals surface area contributed by atoms with Crippen LogP contribution in [0, 0.1) is 10.1 Å². The smallest absolute Gasteiger partial charge is 0.287 e. The molecular weight excluding hydrogens is 272 g/mol. The van der Waals surface area contributed by atoms with Gasteiger partial charge in [-0.2, -0.15) is 0 Å². The average molecular weight is 294 g/mol. The number of carbonyl (C=O) groups is 1. The van der Waals surface area contributed by atoms with Gasteiger partial charge in [0.2, 0.25) is 0 Å². The summed E-state index contributed by atoms with van der Waals surface area (Å²) in [6.07, 6.45) is 1.44. The minimum atomic E-state index is -0.460. The van der Waals surface area contributed by atoms with E-state index in [1.54, 1.807) is 9.47 Å². The van der Waals surface area contributed by atoms with Crippen LogP contribution >= 0.6 is 0 Å². The average Bonchev–Trinajstić information content (AvgIpc) is 2.82. The van der Waals surface area contributed by atoms with Crippen LogP contribution < -0.4 is 5.32 Å². The van der Waals surface area contributed by atoms with Gasteiger partial charge in [0.1, 0.15) is 5.69 Å². The fourth-order valence-corrected chi connectivity index (χ4v) is 2.66. The molecule has 1 saturated heterocycles. The van der Waals surface area contributed by atoms with E-state index < -0.39 is 4.92 Å². The van der Waals surface area contributed by atoms with E-state index >= 15 is 0 Å². The van der Waals surface area contributed by atoms with Crippen molar-refractivity contribution in [2.24, 2.45) is 0 Å². The third kappa shape index (κ3) is 2.92. The lowest BCUT2D eigenvalue weighted by molar-refractivity contribution is -0.384. The van der Waals surface area contributed by atoms with Crippen molar-refractivity contribution in [1.29, 1.82) is 0 Å². The first kappa shape index (κ1) is 15.5. The van der Waals surface area contributed by atoms with E-state index in [2.05, 4.69) is 5.32 Å². The molecule has 21 heavy (non-hydrogen) atoms. The molecule has 1 aliphatic heterocycles. The molecule has 0 aliphatic carbocycles. The summed E-state index contributed by atoms with van der Waals surface area (Å²) in [6, 6.07) is 1.36. The van der Waals surface area contributed by atoms with Crippen molar-refractivity contribution in [3.63, 3.8) is 0 Å². The molecular formula is C14H22N4O3. The largest absolute Gasteiger partial charge is 0.335 e. The van der Waals surface area contributed by atoms with Crippen LogP contribution in [0.1, 0.15) is 44.2 Å². The summed E-state index contributed by atoms with van der Waals surface area (Å²) in [7, 11) is 0. The van der Waals surface area contributed by atoms with Crippen molar-refractivity contribution in [3.05, 3.63) is 28.1 Å². The maximum atomic E-state index is 12.8. The van der Waals surface area contributed by atoms with Crippen LogP contribution in [0.4, 0.5) is 5.69 Å². The minimum absolute atomic E-state index is 0.0105. The molecule has 7 heteroatoms. The second-order valence-electron chi connectivity index (χ2n) is 6.29. The first-order valence-corrected chi connectivity index (χ1v) is 7.13. The zero-order valence-corrected chi connectivity index (χ0v) is 12.9. The van der Waals surface area contributed by atoms with Gasteiger partial charge < -0.3 is 14.8 Å². The van der Waals surface area contributed by atoms with Gasteiger partial charge in [0, 0.05) is 31.7 Å². The molecule has 2 rings (SSSR count). The highest BCUT2D eigenvalue weighted by Gasteiger charge is 2.35. The second-order valence-corrected chi connectivity index (χ2v) is 6.29. The van der Waals surface area contributed by atoms with Gasteiger partial charge in [-0.1, -0.05) is 0 Å². The summed E-state index contributed by atoms with van der Waals surface area (Å²) in [5, 5.41) is 14.2. The molecule has 0 radical (unpaired) electrons. The predicted molar refractivity (Wildman–Crippen MR) is 79.5 cm³/mol. The number of nitrogens with zero attached hydrogens (tertiary/aromatic N) is 3. The summed E-state index contributed by atoms with van der Waals surface area (Å²) in [6.45, 7) is 9.85. The fourth-order valence-electron chi connectivity index (χ4n) is 2.66.